The summed E-state index contributed by atoms with van der Waals surface area (Å²) in [4.78, 5) is 23.9. The standard InChI is InChI=1S/C22H29N3O4/c1-14(2)17-10-9-15(3)11-19(17)29-13-21(26)23-20-12-18(22(27)28)24-25(20)16-7-5-4-6-8-16/h4-8,12,14-15,17,19H,9-11,13H2,1-3H3,(H,23,26)(H,27,28)/t15-,17+,19-/m1/s1. The highest BCUT2D eigenvalue weighted by Gasteiger charge is 2.31. The van der Waals surface area contributed by atoms with Gasteiger partial charge in [0, 0.05) is 6.07 Å². The van der Waals surface area contributed by atoms with Gasteiger partial charge in [-0.1, -0.05) is 45.4 Å². The smallest absolute Gasteiger partial charge is 0.356 e. The summed E-state index contributed by atoms with van der Waals surface area (Å²) < 4.78 is 7.42. The van der Waals surface area contributed by atoms with Crippen LogP contribution in [-0.4, -0.2) is 39.5 Å². The predicted octanol–water partition coefficient (Wildman–Crippen LogP) is 3.99. The van der Waals surface area contributed by atoms with Gasteiger partial charge in [0.05, 0.1) is 11.8 Å². The van der Waals surface area contributed by atoms with Gasteiger partial charge < -0.3 is 15.2 Å². The van der Waals surface area contributed by atoms with Crippen LogP contribution in [0.25, 0.3) is 5.69 Å². The average molecular weight is 399 g/mol. The topological polar surface area (TPSA) is 93.4 Å². The third kappa shape index (κ3) is 5.23. The largest absolute Gasteiger partial charge is 0.476 e. The van der Waals surface area contributed by atoms with Crippen LogP contribution in [0.2, 0.25) is 0 Å². The lowest BCUT2D eigenvalue weighted by atomic mass is 9.75. The second-order valence-corrected chi connectivity index (χ2v) is 8.19. The fourth-order valence-corrected chi connectivity index (χ4v) is 4.01. The number of rotatable bonds is 7. The lowest BCUT2D eigenvalue weighted by molar-refractivity contribution is -0.126. The van der Waals surface area contributed by atoms with Crippen LogP contribution in [0.3, 0.4) is 0 Å². The molecule has 156 valence electrons. The van der Waals surface area contributed by atoms with E-state index in [1.165, 1.54) is 17.2 Å². The van der Waals surface area contributed by atoms with Crippen molar-refractivity contribution in [3.63, 3.8) is 0 Å². The lowest BCUT2D eigenvalue weighted by Crippen LogP contribution is -2.36. The van der Waals surface area contributed by atoms with Crippen LogP contribution in [0.4, 0.5) is 5.82 Å². The molecule has 3 atom stereocenters. The van der Waals surface area contributed by atoms with E-state index in [4.69, 9.17) is 4.74 Å². The maximum absolute atomic E-state index is 12.6. The number of anilines is 1. The molecule has 7 heteroatoms. The third-order valence-electron chi connectivity index (χ3n) is 5.59. The number of nitrogens with zero attached hydrogens (tertiary/aromatic N) is 2. The fraction of sp³-hybridized carbons (Fsp3) is 0.500. The van der Waals surface area contributed by atoms with Crippen molar-refractivity contribution in [2.75, 3.05) is 11.9 Å². The molecule has 1 aliphatic rings. The molecule has 0 aliphatic heterocycles. The molecule has 1 aromatic heterocycles. The van der Waals surface area contributed by atoms with Gasteiger partial charge in [0.25, 0.3) is 5.91 Å². The summed E-state index contributed by atoms with van der Waals surface area (Å²) >= 11 is 0. The Balaban J connectivity index is 1.69. The highest BCUT2D eigenvalue weighted by molar-refractivity contribution is 5.93. The van der Waals surface area contributed by atoms with Gasteiger partial charge in [-0.15, -0.1) is 0 Å². The highest BCUT2D eigenvalue weighted by Crippen LogP contribution is 2.35. The third-order valence-corrected chi connectivity index (χ3v) is 5.59. The molecule has 0 bridgehead atoms. The van der Waals surface area contributed by atoms with Crippen molar-refractivity contribution >= 4 is 17.7 Å². The minimum Gasteiger partial charge on any atom is -0.476 e. The number of benzene rings is 1. The quantitative estimate of drug-likeness (QED) is 0.734. The summed E-state index contributed by atoms with van der Waals surface area (Å²) in [6, 6.07) is 10.4. The number of hydrogen-bond acceptors (Lipinski definition) is 4. The number of carbonyl (C=O) groups is 2. The number of aromatic carboxylic acids is 1. The van der Waals surface area contributed by atoms with Gasteiger partial charge in [-0.2, -0.15) is 5.10 Å². The number of amides is 1. The zero-order valence-electron chi connectivity index (χ0n) is 17.2. The summed E-state index contributed by atoms with van der Waals surface area (Å²) in [5, 5.41) is 16.1. The molecule has 1 aliphatic carbocycles. The van der Waals surface area contributed by atoms with Gasteiger partial charge >= 0.3 is 5.97 Å². The van der Waals surface area contributed by atoms with E-state index in [9.17, 15) is 14.7 Å². The van der Waals surface area contributed by atoms with Crippen LogP contribution in [0.1, 0.15) is 50.5 Å². The normalized spacial score (nSPS) is 21.9. The van der Waals surface area contributed by atoms with Crippen molar-refractivity contribution in [1.82, 2.24) is 9.78 Å². The number of ether oxygens (including phenoxy) is 1. The van der Waals surface area contributed by atoms with Crippen LogP contribution in [0, 0.1) is 17.8 Å². The second kappa shape index (κ2) is 9.22. The number of carbonyl (C=O) groups excluding carboxylic acids is 1. The van der Waals surface area contributed by atoms with Gasteiger partial charge in [0.1, 0.15) is 12.4 Å². The first kappa shape index (κ1) is 21.0. The van der Waals surface area contributed by atoms with Gasteiger partial charge in [-0.05, 0) is 42.7 Å². The highest BCUT2D eigenvalue weighted by atomic mass is 16.5. The van der Waals surface area contributed by atoms with Crippen LogP contribution in [-0.2, 0) is 9.53 Å². The molecule has 1 saturated carbocycles. The van der Waals surface area contributed by atoms with Gasteiger partial charge in [-0.25, -0.2) is 9.48 Å². The minimum atomic E-state index is -1.15. The molecule has 0 unspecified atom stereocenters. The Labute approximate surface area is 171 Å². The molecule has 3 rings (SSSR count). The molecule has 2 aromatic rings. The first-order valence-corrected chi connectivity index (χ1v) is 10.2. The maximum Gasteiger partial charge on any atom is 0.356 e. The SMILES string of the molecule is CC(C)[C@@H]1CC[C@@H](C)C[C@H]1OCC(=O)Nc1cc(C(=O)O)nn1-c1ccccc1. The van der Waals surface area contributed by atoms with E-state index >= 15 is 0 Å². The van der Waals surface area contributed by atoms with E-state index in [0.717, 1.165) is 12.8 Å². The van der Waals surface area contributed by atoms with Crippen molar-refractivity contribution in [1.29, 1.82) is 0 Å². The Morgan fingerprint density at radius 1 is 1.28 bits per heavy atom. The molecule has 1 aromatic carbocycles. The van der Waals surface area contributed by atoms with Crippen molar-refractivity contribution in [3.05, 3.63) is 42.1 Å². The molecule has 1 heterocycles. The monoisotopic (exact) mass is 399 g/mol. The zero-order chi connectivity index (χ0) is 21.0. The Kier molecular flexibility index (Phi) is 6.69. The van der Waals surface area contributed by atoms with Crippen LogP contribution >= 0.6 is 0 Å². The van der Waals surface area contributed by atoms with Gasteiger partial charge in [0.2, 0.25) is 0 Å². The zero-order valence-corrected chi connectivity index (χ0v) is 17.2. The molecule has 29 heavy (non-hydrogen) atoms. The molecule has 1 amide bonds. The van der Waals surface area contributed by atoms with Crippen LogP contribution in [0.5, 0.6) is 0 Å². The second-order valence-electron chi connectivity index (χ2n) is 8.19. The first-order valence-electron chi connectivity index (χ1n) is 10.2. The van der Waals surface area contributed by atoms with E-state index in [0.29, 0.717) is 29.3 Å². The molecular weight excluding hydrogens is 370 g/mol. The van der Waals surface area contributed by atoms with E-state index < -0.39 is 5.97 Å². The van der Waals surface area contributed by atoms with E-state index in [-0.39, 0.29) is 24.3 Å². The molecule has 7 nitrogen and oxygen atoms in total. The molecule has 2 N–H and O–H groups in total. The number of hydrogen-bond donors (Lipinski definition) is 2. The Morgan fingerprint density at radius 3 is 2.66 bits per heavy atom. The predicted molar refractivity (Wildman–Crippen MR) is 110 cm³/mol. The number of nitrogens with one attached hydrogen (secondary N) is 1. The molecule has 0 spiro atoms. The Morgan fingerprint density at radius 2 is 2.00 bits per heavy atom. The molecule has 0 radical (unpaired) electrons. The van der Waals surface area contributed by atoms with Crippen LogP contribution in [0.15, 0.2) is 36.4 Å². The van der Waals surface area contributed by atoms with E-state index in [1.807, 2.05) is 18.2 Å². The van der Waals surface area contributed by atoms with Crippen LogP contribution < -0.4 is 5.32 Å². The molecule has 0 saturated heterocycles. The minimum absolute atomic E-state index is 0.0665. The van der Waals surface area contributed by atoms with Crippen molar-refractivity contribution in [2.45, 2.75) is 46.1 Å². The molecular formula is C22H29N3O4. The fourth-order valence-electron chi connectivity index (χ4n) is 4.01. The first-order chi connectivity index (χ1) is 13.8. The number of aromatic nitrogens is 2. The average Bonchev–Trinajstić information content (AvgIpc) is 3.11. The summed E-state index contributed by atoms with van der Waals surface area (Å²) in [5.41, 5.74) is 0.531. The number of carboxylic acids is 1. The number of carboxylic acid groups (broad SMARTS) is 1. The summed E-state index contributed by atoms with van der Waals surface area (Å²) in [7, 11) is 0. The Hall–Kier alpha value is -2.67. The lowest BCUT2D eigenvalue weighted by Gasteiger charge is -2.37. The van der Waals surface area contributed by atoms with Crippen molar-refractivity contribution in [2.24, 2.45) is 17.8 Å². The van der Waals surface area contributed by atoms with Crippen molar-refractivity contribution in [3.8, 4) is 5.69 Å². The number of para-hydroxylation sites is 1. The van der Waals surface area contributed by atoms with Crippen molar-refractivity contribution < 1.29 is 19.4 Å². The molecule has 1 fully saturated rings. The summed E-state index contributed by atoms with van der Waals surface area (Å²) in [5.74, 6) is 0.387. The summed E-state index contributed by atoms with van der Waals surface area (Å²) in [6.45, 7) is 6.55. The van der Waals surface area contributed by atoms with Gasteiger partial charge in [-0.3, -0.25) is 4.79 Å². The van der Waals surface area contributed by atoms with E-state index in [1.54, 1.807) is 12.1 Å². The van der Waals surface area contributed by atoms with E-state index in [2.05, 4.69) is 31.2 Å². The maximum atomic E-state index is 12.6. The van der Waals surface area contributed by atoms with Gasteiger partial charge in [0.15, 0.2) is 5.69 Å². The Bertz CT molecular complexity index is 847. The summed E-state index contributed by atoms with van der Waals surface area (Å²) in [6.07, 6.45) is 3.34.